The quantitative estimate of drug-likeness (QED) is 0.0382. The molecule has 0 bridgehead atoms. The maximum absolute atomic E-state index is 13.1. The molecule has 1 saturated heterocycles. The molecule has 2 amide bonds. The minimum absolute atomic E-state index is 0.132. The number of rotatable bonds is 13. The van der Waals surface area contributed by atoms with Gasteiger partial charge in [-0.05, 0) is 144 Å². The fourth-order valence-electron chi connectivity index (χ4n) is 10.7. The molecule has 8 heterocycles. The Balaban J connectivity index is 0.000000150. The maximum atomic E-state index is 13.1. The summed E-state index contributed by atoms with van der Waals surface area (Å²) in [5, 5.41) is 44.9. The van der Waals surface area contributed by atoms with Crippen LogP contribution in [0.3, 0.4) is 0 Å². The third kappa shape index (κ3) is 19.6. The van der Waals surface area contributed by atoms with Crippen molar-refractivity contribution in [1.82, 2.24) is 70.4 Å². The Morgan fingerprint density at radius 2 is 0.925 bits per heavy atom. The van der Waals surface area contributed by atoms with Crippen LogP contribution in [0.4, 0.5) is 51.4 Å². The zero-order valence-electron chi connectivity index (χ0n) is 57.0. The molecule has 3 unspecified atom stereocenters. The lowest BCUT2D eigenvalue weighted by molar-refractivity contribution is -0.276. The Hall–Kier alpha value is -11.3. The topological polar surface area (TPSA) is 366 Å². The Kier molecular flexibility index (Phi) is 23.2. The first-order valence-corrected chi connectivity index (χ1v) is 33.3. The molecule has 38 heteroatoms. The second-order valence-electron chi connectivity index (χ2n) is 24.7. The molecule has 1 aliphatic heterocycles. The van der Waals surface area contributed by atoms with E-state index < -0.39 is 62.1 Å². The summed E-state index contributed by atoms with van der Waals surface area (Å²) in [4.78, 5) is 44.6. The summed E-state index contributed by atoms with van der Waals surface area (Å²) in [5.41, 5.74) is 23.2. The van der Waals surface area contributed by atoms with Crippen LogP contribution in [0.15, 0.2) is 173 Å². The van der Waals surface area contributed by atoms with Gasteiger partial charge < -0.3 is 56.5 Å². The summed E-state index contributed by atoms with van der Waals surface area (Å²) >= 11 is 6.64. The van der Waals surface area contributed by atoms with Crippen molar-refractivity contribution in [2.75, 3.05) is 11.5 Å². The van der Waals surface area contributed by atoms with E-state index in [1.54, 1.807) is 123 Å². The number of hydrogen-bond donors (Lipinski definition) is 9. The molecule has 6 aromatic carbocycles. The van der Waals surface area contributed by atoms with Gasteiger partial charge in [0.25, 0.3) is 11.8 Å². The van der Waals surface area contributed by atoms with E-state index >= 15 is 0 Å². The SMILES string of the molecule is CC(N)c1ccccc1OC(F)(F)F.CC(NC(=O)c1cc(-c2ccn3nc(N)nc3c2)c2cn[nH]c2c1)c1ccccc1OC(F)(F)F.CC(NC(=O)c1cc(Br)c2cn[nH]c2c1)c1ccccc1OC(F)(F)F.CC1(C)OB(c2ccn3nc(N)nc3c2)OC1(C)C.O=C(O)c1cc(Br)c2cn[nH]c2c1. The minimum Gasteiger partial charge on any atom is -0.478 e. The van der Waals surface area contributed by atoms with Crippen LogP contribution in [0.2, 0.25) is 0 Å². The first-order chi connectivity index (χ1) is 50.3. The molecule has 7 aromatic heterocycles. The fourth-order valence-corrected chi connectivity index (χ4v) is 11.8. The Bertz CT molecular complexity index is 5360. The van der Waals surface area contributed by atoms with E-state index in [9.17, 15) is 53.9 Å². The van der Waals surface area contributed by atoms with Crippen LogP contribution in [0.5, 0.6) is 17.2 Å². The van der Waals surface area contributed by atoms with Gasteiger partial charge >= 0.3 is 32.2 Å². The summed E-state index contributed by atoms with van der Waals surface area (Å²) in [6.07, 6.45) is -5.93. The number of nitrogen functional groups attached to an aromatic ring is 2. The van der Waals surface area contributed by atoms with Crippen LogP contribution >= 0.6 is 31.9 Å². The number of pyridine rings is 2. The number of fused-ring (bicyclic) bond motifs is 5. The summed E-state index contributed by atoms with van der Waals surface area (Å²) in [6, 6.07) is 32.3. The van der Waals surface area contributed by atoms with E-state index in [-0.39, 0.29) is 57.0 Å². The second-order valence-corrected chi connectivity index (χ2v) is 26.4. The van der Waals surface area contributed by atoms with Gasteiger partial charge in [0.15, 0.2) is 11.3 Å². The van der Waals surface area contributed by atoms with Gasteiger partial charge in [-0.1, -0.05) is 86.5 Å². The van der Waals surface area contributed by atoms with Crippen molar-refractivity contribution in [3.63, 3.8) is 0 Å². The molecule has 14 rings (SSSR count). The highest BCUT2D eigenvalue weighted by atomic mass is 79.9. The van der Waals surface area contributed by atoms with Crippen molar-refractivity contribution in [1.29, 1.82) is 0 Å². The molecule has 107 heavy (non-hydrogen) atoms. The lowest BCUT2D eigenvalue weighted by Crippen LogP contribution is -2.41. The van der Waals surface area contributed by atoms with Gasteiger partial charge in [0.05, 0.1) is 64.0 Å². The summed E-state index contributed by atoms with van der Waals surface area (Å²) in [7, 11) is -0.395. The van der Waals surface area contributed by atoms with E-state index in [1.807, 2.05) is 39.8 Å². The Labute approximate surface area is 617 Å². The average molecular weight is 1620 g/mol. The van der Waals surface area contributed by atoms with Crippen LogP contribution in [-0.4, -0.2) is 120 Å². The van der Waals surface area contributed by atoms with Crippen molar-refractivity contribution < 1.29 is 82.5 Å². The number of aromatic carboxylic acids is 1. The molecule has 0 radical (unpaired) electrons. The van der Waals surface area contributed by atoms with Gasteiger partial charge in [-0.3, -0.25) is 24.9 Å². The number of para-hydroxylation sites is 3. The number of ether oxygens (including phenoxy) is 3. The molecule has 0 aliphatic carbocycles. The highest BCUT2D eigenvalue weighted by Gasteiger charge is 2.52. The number of aromatic amines is 3. The Morgan fingerprint density at radius 3 is 1.37 bits per heavy atom. The first-order valence-electron chi connectivity index (χ1n) is 31.8. The standard InChI is InChI=1S/C23H18F3N7O2.C17H13BrF3N3O2.C12H17BN4O2.C9H10F3NO.C8H5BrN2O2/c1-12(15-4-2-3-5-19(15)35-23(24,25)26)29-21(34)14-8-16(17-11-28-31-18(17)9-14)13-6-7-33-20(10-13)30-22(27)32-33;1-9(11-4-2-3-5-15(11)26-17(19,20)21)23-16(25)10-6-13(18)12-8-22-24-14(12)7-10;1-11(2)12(3,4)19-13(18-11)8-5-6-17-9(7-8)15-10(14)16-17;1-6(13)7-4-2-3-5-8(7)14-9(10,11)12;9-6-1-4(8(12)13)2-7-5(6)3-10-11-7/h2-12H,1H3,(H2,27,32)(H,28,31)(H,29,34);2-9H,1H3,(H,22,24)(H,23,25);5-7H,1-4H3,(H2,14,16);2-6H,13H2,1H3;1-3H,(H,10,11)(H,12,13). The summed E-state index contributed by atoms with van der Waals surface area (Å²) in [6.45, 7) is 12.9. The van der Waals surface area contributed by atoms with E-state index in [0.717, 1.165) is 31.7 Å². The van der Waals surface area contributed by atoms with Gasteiger partial charge in [-0.15, -0.1) is 49.7 Å². The van der Waals surface area contributed by atoms with Gasteiger partial charge in [-0.2, -0.15) is 25.3 Å². The minimum atomic E-state index is -4.85. The lowest BCUT2D eigenvalue weighted by atomic mass is 9.80. The lowest BCUT2D eigenvalue weighted by Gasteiger charge is -2.32. The van der Waals surface area contributed by atoms with Gasteiger partial charge in [-0.25, -0.2) is 13.8 Å². The molecule has 1 aliphatic rings. The summed E-state index contributed by atoms with van der Waals surface area (Å²) in [5.74, 6) is -2.44. The zero-order valence-corrected chi connectivity index (χ0v) is 60.2. The first kappa shape index (κ1) is 78.2. The molecular weight excluding hydrogens is 1550 g/mol. The van der Waals surface area contributed by atoms with Crippen LogP contribution in [0.1, 0.15) is 114 Å². The molecule has 3 atom stereocenters. The predicted octanol–water partition coefficient (Wildman–Crippen LogP) is 14.2. The number of carboxylic acids is 1. The van der Waals surface area contributed by atoms with E-state index in [4.69, 9.17) is 31.6 Å². The van der Waals surface area contributed by atoms with E-state index in [0.29, 0.717) is 54.6 Å². The highest BCUT2D eigenvalue weighted by molar-refractivity contribution is 9.11. The number of halogens is 11. The number of carboxylic acid groups (broad SMARTS) is 1. The number of anilines is 2. The molecule has 12 N–H and O–H groups in total. The number of nitrogens with two attached hydrogens (primary N) is 3. The normalized spacial score (nSPS) is 14.1. The average Bonchev–Trinajstić information content (AvgIpc) is 1.29. The van der Waals surface area contributed by atoms with Crippen molar-refractivity contribution >= 4 is 118 Å². The van der Waals surface area contributed by atoms with Gasteiger partial charge in [0, 0.05) is 71.4 Å². The number of nitrogens with one attached hydrogen (secondary N) is 5. The molecule has 1 fully saturated rings. The van der Waals surface area contributed by atoms with Crippen molar-refractivity contribution in [3.05, 3.63) is 207 Å². The second kappa shape index (κ2) is 31.8. The van der Waals surface area contributed by atoms with Gasteiger partial charge in [0.2, 0.25) is 11.9 Å². The molecule has 26 nitrogen and oxygen atoms in total. The van der Waals surface area contributed by atoms with Crippen LogP contribution in [0.25, 0.3) is 55.1 Å². The third-order valence-corrected chi connectivity index (χ3v) is 17.8. The zero-order chi connectivity index (χ0) is 77.7. The Morgan fingerprint density at radius 1 is 0.542 bits per heavy atom. The molecule has 0 spiro atoms. The molecule has 13 aromatic rings. The highest BCUT2D eigenvalue weighted by Crippen LogP contribution is 2.38. The number of hydrogen-bond acceptors (Lipinski definition) is 18. The maximum Gasteiger partial charge on any atom is 0.573 e. The van der Waals surface area contributed by atoms with Crippen LogP contribution < -0.4 is 47.5 Å². The largest absolute Gasteiger partial charge is 0.573 e. The number of H-pyrrole nitrogens is 3. The van der Waals surface area contributed by atoms with Crippen LogP contribution in [0, 0.1) is 0 Å². The molecule has 558 valence electrons. The van der Waals surface area contributed by atoms with Crippen molar-refractivity contribution in [2.45, 2.75) is 96.9 Å². The molecular formula is C69H63BBr2F9N17O9. The van der Waals surface area contributed by atoms with Crippen LogP contribution in [-0.2, 0) is 9.31 Å². The number of carbonyl (C=O) groups excluding carboxylic acids is 2. The number of carbonyl (C=O) groups is 3. The van der Waals surface area contributed by atoms with E-state index in [2.05, 4.69) is 107 Å². The smallest absolute Gasteiger partial charge is 0.478 e. The third-order valence-electron chi connectivity index (χ3n) is 16.5. The number of benzene rings is 6. The van der Waals surface area contributed by atoms with Crippen molar-refractivity contribution in [3.8, 4) is 28.4 Å². The number of aromatic nitrogens is 12. The fraction of sp³-hybridized carbons (Fsp3) is 0.217. The van der Waals surface area contributed by atoms with Gasteiger partial charge in [0.1, 0.15) is 17.2 Å². The number of nitrogens with zero attached hydrogens (tertiary/aromatic N) is 9. The predicted molar refractivity (Wildman–Crippen MR) is 384 cm³/mol. The van der Waals surface area contributed by atoms with E-state index in [1.165, 1.54) is 59.1 Å². The molecule has 0 saturated carbocycles. The number of alkyl halides is 9. The number of amides is 2. The monoisotopic (exact) mass is 1610 g/mol. The van der Waals surface area contributed by atoms with Crippen molar-refractivity contribution in [2.24, 2.45) is 5.73 Å². The summed E-state index contributed by atoms with van der Waals surface area (Å²) < 4.78 is 140.